The summed E-state index contributed by atoms with van der Waals surface area (Å²) in [5.74, 6) is -0.542. The summed E-state index contributed by atoms with van der Waals surface area (Å²) in [6, 6.07) is 10.4. The van der Waals surface area contributed by atoms with Gasteiger partial charge in [0.25, 0.3) is 0 Å². The molecule has 0 aromatic heterocycles. The van der Waals surface area contributed by atoms with Crippen molar-refractivity contribution in [2.24, 2.45) is 0 Å². The number of carbonyl (C=O) groups is 1. The van der Waals surface area contributed by atoms with Gasteiger partial charge in [0.15, 0.2) is 9.84 Å². The van der Waals surface area contributed by atoms with Gasteiger partial charge in [0.2, 0.25) is 5.91 Å². The summed E-state index contributed by atoms with van der Waals surface area (Å²) >= 11 is 0. The molecule has 1 aromatic rings. The summed E-state index contributed by atoms with van der Waals surface area (Å²) in [5.41, 5.74) is 1.26. The van der Waals surface area contributed by atoms with Crippen LogP contribution >= 0.6 is 0 Å². The van der Waals surface area contributed by atoms with Crippen LogP contribution < -0.4 is 0 Å². The Bertz CT molecular complexity index is 568. The SMILES string of the molecule is CCS(=O)(=O)CC(=O)N1CCCC1CCc1ccccc1. The Morgan fingerprint density at radius 1 is 1.29 bits per heavy atom. The smallest absolute Gasteiger partial charge is 0.238 e. The Hall–Kier alpha value is -1.36. The molecule has 1 aliphatic heterocycles. The van der Waals surface area contributed by atoms with E-state index in [1.54, 1.807) is 11.8 Å². The first-order valence-electron chi connectivity index (χ1n) is 7.55. The minimum absolute atomic E-state index is 0.0290. The quantitative estimate of drug-likeness (QED) is 0.808. The van der Waals surface area contributed by atoms with Crippen LogP contribution in [-0.4, -0.2) is 43.3 Å². The summed E-state index contributed by atoms with van der Waals surface area (Å²) in [4.78, 5) is 14.0. The number of nitrogens with zero attached hydrogens (tertiary/aromatic N) is 1. The zero-order valence-electron chi connectivity index (χ0n) is 12.5. The van der Waals surface area contributed by atoms with Gasteiger partial charge in [-0.05, 0) is 31.2 Å². The predicted octanol–water partition coefficient (Wildman–Crippen LogP) is 2.04. The van der Waals surface area contributed by atoms with E-state index in [1.807, 2.05) is 18.2 Å². The second-order valence-electron chi connectivity index (χ2n) is 5.58. The Labute approximate surface area is 127 Å². The van der Waals surface area contributed by atoms with E-state index < -0.39 is 9.84 Å². The van der Waals surface area contributed by atoms with Gasteiger partial charge in [-0.25, -0.2) is 8.42 Å². The first-order chi connectivity index (χ1) is 10.0. The number of sulfone groups is 1. The standard InChI is InChI=1S/C16H23NO3S/c1-2-21(19,20)13-16(18)17-12-6-9-15(17)11-10-14-7-4-3-5-8-14/h3-5,7-8,15H,2,6,9-13H2,1H3. The molecule has 1 atom stereocenters. The highest BCUT2D eigenvalue weighted by atomic mass is 32.2. The molecule has 116 valence electrons. The highest BCUT2D eigenvalue weighted by Crippen LogP contribution is 2.22. The second-order valence-corrected chi connectivity index (χ2v) is 7.94. The monoisotopic (exact) mass is 309 g/mol. The van der Waals surface area contributed by atoms with Crippen LogP contribution in [0.4, 0.5) is 0 Å². The molecule has 5 heteroatoms. The molecular weight excluding hydrogens is 286 g/mol. The van der Waals surface area contributed by atoms with Crippen molar-refractivity contribution in [1.29, 1.82) is 0 Å². The zero-order valence-corrected chi connectivity index (χ0v) is 13.3. The van der Waals surface area contributed by atoms with E-state index in [2.05, 4.69) is 12.1 Å². The average molecular weight is 309 g/mol. The van der Waals surface area contributed by atoms with Crippen LogP contribution in [0.15, 0.2) is 30.3 Å². The Kier molecular flexibility index (Phi) is 5.39. The third kappa shape index (κ3) is 4.56. The number of rotatable bonds is 6. The molecule has 2 rings (SSSR count). The van der Waals surface area contributed by atoms with Crippen LogP contribution in [0.2, 0.25) is 0 Å². The summed E-state index contributed by atoms with van der Waals surface area (Å²) < 4.78 is 23.2. The fourth-order valence-electron chi connectivity index (χ4n) is 2.82. The topological polar surface area (TPSA) is 54.5 Å². The maximum atomic E-state index is 12.2. The normalized spacial score (nSPS) is 18.9. The lowest BCUT2D eigenvalue weighted by molar-refractivity contribution is -0.129. The average Bonchev–Trinajstić information content (AvgIpc) is 2.94. The van der Waals surface area contributed by atoms with Crippen LogP contribution in [-0.2, 0) is 21.1 Å². The first-order valence-corrected chi connectivity index (χ1v) is 9.38. The molecule has 1 fully saturated rings. The van der Waals surface area contributed by atoms with E-state index in [4.69, 9.17) is 0 Å². The number of benzene rings is 1. The van der Waals surface area contributed by atoms with Gasteiger partial charge in [0.1, 0.15) is 5.75 Å². The van der Waals surface area contributed by atoms with Crippen LogP contribution in [0, 0.1) is 0 Å². The van der Waals surface area contributed by atoms with E-state index >= 15 is 0 Å². The van der Waals surface area contributed by atoms with Crippen molar-refractivity contribution in [3.05, 3.63) is 35.9 Å². The molecule has 0 radical (unpaired) electrons. The molecule has 0 spiro atoms. The molecule has 21 heavy (non-hydrogen) atoms. The maximum absolute atomic E-state index is 12.2. The highest BCUT2D eigenvalue weighted by Gasteiger charge is 2.30. The van der Waals surface area contributed by atoms with Gasteiger partial charge >= 0.3 is 0 Å². The number of hydrogen-bond acceptors (Lipinski definition) is 3. The summed E-state index contributed by atoms with van der Waals surface area (Å²) in [6.45, 7) is 2.27. The van der Waals surface area contributed by atoms with Gasteiger partial charge < -0.3 is 4.90 Å². The second kappa shape index (κ2) is 7.07. The third-order valence-corrected chi connectivity index (χ3v) is 5.66. The molecule has 1 unspecified atom stereocenters. The number of likely N-dealkylation sites (tertiary alicyclic amines) is 1. The fraction of sp³-hybridized carbons (Fsp3) is 0.562. The minimum Gasteiger partial charge on any atom is -0.339 e. The minimum atomic E-state index is -3.24. The molecule has 0 aliphatic carbocycles. The Balaban J connectivity index is 1.92. The fourth-order valence-corrected chi connectivity index (χ4v) is 3.56. The lowest BCUT2D eigenvalue weighted by Crippen LogP contribution is -2.39. The van der Waals surface area contributed by atoms with E-state index in [-0.39, 0.29) is 23.5 Å². The molecule has 0 saturated carbocycles. The largest absolute Gasteiger partial charge is 0.339 e. The van der Waals surface area contributed by atoms with Gasteiger partial charge in [0, 0.05) is 18.3 Å². The number of aryl methyl sites for hydroxylation is 1. The van der Waals surface area contributed by atoms with Crippen molar-refractivity contribution >= 4 is 15.7 Å². The van der Waals surface area contributed by atoms with Crippen molar-refractivity contribution in [3.63, 3.8) is 0 Å². The molecule has 0 bridgehead atoms. The third-order valence-electron chi connectivity index (χ3n) is 4.09. The van der Waals surface area contributed by atoms with Crippen molar-refractivity contribution in [1.82, 2.24) is 4.90 Å². The molecule has 1 heterocycles. The lowest BCUT2D eigenvalue weighted by atomic mass is 10.0. The molecule has 1 saturated heterocycles. The maximum Gasteiger partial charge on any atom is 0.238 e. The van der Waals surface area contributed by atoms with E-state index in [0.717, 1.165) is 25.7 Å². The van der Waals surface area contributed by atoms with Crippen LogP contribution in [0.25, 0.3) is 0 Å². The lowest BCUT2D eigenvalue weighted by Gasteiger charge is -2.24. The molecule has 1 aliphatic rings. The number of amides is 1. The number of hydrogen-bond donors (Lipinski definition) is 0. The Morgan fingerprint density at radius 2 is 2.00 bits per heavy atom. The molecule has 0 N–H and O–H groups in total. The highest BCUT2D eigenvalue weighted by molar-refractivity contribution is 7.92. The van der Waals surface area contributed by atoms with Crippen molar-refractivity contribution in [2.75, 3.05) is 18.1 Å². The first kappa shape index (κ1) is 16.0. The van der Waals surface area contributed by atoms with Gasteiger partial charge in [-0.1, -0.05) is 37.3 Å². The van der Waals surface area contributed by atoms with Gasteiger partial charge in [-0.2, -0.15) is 0 Å². The zero-order chi connectivity index (χ0) is 15.3. The molecule has 4 nitrogen and oxygen atoms in total. The van der Waals surface area contributed by atoms with Crippen molar-refractivity contribution in [2.45, 2.75) is 38.6 Å². The summed E-state index contributed by atoms with van der Waals surface area (Å²) in [7, 11) is -3.24. The van der Waals surface area contributed by atoms with Crippen LogP contribution in [0.3, 0.4) is 0 Å². The van der Waals surface area contributed by atoms with E-state index in [0.29, 0.717) is 6.54 Å². The van der Waals surface area contributed by atoms with Crippen LogP contribution in [0.5, 0.6) is 0 Å². The van der Waals surface area contributed by atoms with Gasteiger partial charge in [-0.3, -0.25) is 4.79 Å². The molecule has 1 aromatic carbocycles. The molecule has 1 amide bonds. The van der Waals surface area contributed by atoms with Gasteiger partial charge in [-0.15, -0.1) is 0 Å². The van der Waals surface area contributed by atoms with Crippen molar-refractivity contribution in [3.8, 4) is 0 Å². The van der Waals surface area contributed by atoms with E-state index in [9.17, 15) is 13.2 Å². The van der Waals surface area contributed by atoms with Gasteiger partial charge in [0.05, 0.1) is 0 Å². The Morgan fingerprint density at radius 3 is 2.67 bits per heavy atom. The summed E-state index contributed by atoms with van der Waals surface area (Å²) in [5, 5.41) is 0. The van der Waals surface area contributed by atoms with Crippen molar-refractivity contribution < 1.29 is 13.2 Å². The van der Waals surface area contributed by atoms with E-state index in [1.165, 1.54) is 5.56 Å². The predicted molar refractivity (Wildman–Crippen MR) is 83.8 cm³/mol. The summed E-state index contributed by atoms with van der Waals surface area (Å²) in [6.07, 6.45) is 3.78. The number of carbonyl (C=O) groups excluding carboxylic acids is 1. The van der Waals surface area contributed by atoms with Crippen LogP contribution in [0.1, 0.15) is 31.7 Å². The molecular formula is C16H23NO3S.